The minimum Gasteiger partial charge on any atom is -0.491 e. The molecule has 0 spiro atoms. The van der Waals surface area contributed by atoms with Crippen LogP contribution in [-0.2, 0) is 4.65 Å². The first-order chi connectivity index (χ1) is 8.54. The van der Waals surface area contributed by atoms with Crippen LogP contribution in [0.4, 0.5) is 4.39 Å². The van der Waals surface area contributed by atoms with Crippen LogP contribution in [0.5, 0.6) is 5.75 Å². The molecule has 0 fully saturated rings. The van der Waals surface area contributed by atoms with Gasteiger partial charge in [0.2, 0.25) is 0 Å². The van der Waals surface area contributed by atoms with Crippen molar-refractivity contribution in [3.63, 3.8) is 0 Å². The van der Waals surface area contributed by atoms with Gasteiger partial charge in [-0.25, -0.2) is 4.39 Å². The first-order valence-corrected chi connectivity index (χ1v) is 6.01. The lowest BCUT2D eigenvalue weighted by Crippen LogP contribution is -2.31. The summed E-state index contributed by atoms with van der Waals surface area (Å²) in [5.74, 6) is -0.0476. The molecule has 1 aliphatic rings. The zero-order valence-electron chi connectivity index (χ0n) is 10.4. The highest BCUT2D eigenvalue weighted by molar-refractivity contribution is 6.62. The van der Waals surface area contributed by atoms with Crippen molar-refractivity contribution in [1.29, 1.82) is 0 Å². The van der Waals surface area contributed by atoms with Crippen LogP contribution in [0.15, 0.2) is 12.1 Å². The molecular weight excluding hydrogens is 238 g/mol. The van der Waals surface area contributed by atoms with Crippen LogP contribution in [0.25, 0.3) is 0 Å². The van der Waals surface area contributed by atoms with Crippen LogP contribution in [0, 0.1) is 5.82 Å². The summed E-state index contributed by atoms with van der Waals surface area (Å²) in [4.78, 5) is 0. The van der Waals surface area contributed by atoms with Gasteiger partial charge >= 0.3 is 7.12 Å². The average molecular weight is 254 g/mol. The van der Waals surface area contributed by atoms with Crippen LogP contribution >= 0.6 is 0 Å². The van der Waals surface area contributed by atoms with E-state index >= 15 is 0 Å². The van der Waals surface area contributed by atoms with E-state index in [0.717, 1.165) is 0 Å². The van der Waals surface area contributed by atoms with Gasteiger partial charge in [-0.05, 0) is 25.5 Å². The van der Waals surface area contributed by atoms with E-state index in [0.29, 0.717) is 23.2 Å². The summed E-state index contributed by atoms with van der Waals surface area (Å²) in [7, 11) is -1.18. The number of halogens is 1. The first-order valence-electron chi connectivity index (χ1n) is 6.01. The molecule has 1 aliphatic heterocycles. The van der Waals surface area contributed by atoms with Crippen molar-refractivity contribution in [3.8, 4) is 5.75 Å². The zero-order valence-corrected chi connectivity index (χ0v) is 10.4. The van der Waals surface area contributed by atoms with E-state index in [4.69, 9.17) is 9.39 Å². The molecule has 4 nitrogen and oxygen atoms in total. The molecule has 1 aromatic carbocycles. The fourth-order valence-corrected chi connectivity index (χ4v) is 2.10. The van der Waals surface area contributed by atoms with Gasteiger partial charge in [0.15, 0.2) is 0 Å². The fraction of sp³-hybridized carbons (Fsp3) is 0.500. The van der Waals surface area contributed by atoms with E-state index in [1.165, 1.54) is 12.1 Å². The molecular formula is C12H16BFO4. The number of ether oxygens (including phenoxy) is 1. The highest BCUT2D eigenvalue weighted by Crippen LogP contribution is 2.32. The molecule has 1 aromatic rings. The monoisotopic (exact) mass is 254 g/mol. The summed E-state index contributed by atoms with van der Waals surface area (Å²) < 4.78 is 24.4. The SMILES string of the molecule is CCC1OB(O)c2c(OCC(C)O)ccc(F)c21. The lowest BCUT2D eigenvalue weighted by molar-refractivity contribution is 0.123. The number of hydrogen-bond acceptors (Lipinski definition) is 4. The van der Waals surface area contributed by atoms with Crippen molar-refractivity contribution in [2.24, 2.45) is 0 Å². The average Bonchev–Trinajstić information content (AvgIpc) is 2.67. The zero-order chi connectivity index (χ0) is 13.3. The smallest absolute Gasteiger partial charge is 0.491 e. The predicted molar refractivity (Wildman–Crippen MR) is 65.3 cm³/mol. The maximum absolute atomic E-state index is 13.8. The van der Waals surface area contributed by atoms with Crippen molar-refractivity contribution in [2.75, 3.05) is 6.61 Å². The van der Waals surface area contributed by atoms with Gasteiger partial charge in [0.25, 0.3) is 0 Å². The van der Waals surface area contributed by atoms with Crippen LogP contribution in [0.3, 0.4) is 0 Å². The van der Waals surface area contributed by atoms with E-state index in [-0.39, 0.29) is 6.61 Å². The number of fused-ring (bicyclic) bond motifs is 1. The third-order valence-corrected chi connectivity index (χ3v) is 2.91. The number of aliphatic hydroxyl groups excluding tert-OH is 1. The van der Waals surface area contributed by atoms with Gasteiger partial charge in [-0.3, -0.25) is 0 Å². The quantitative estimate of drug-likeness (QED) is 0.778. The molecule has 1 heterocycles. The van der Waals surface area contributed by atoms with E-state index < -0.39 is 25.1 Å². The molecule has 0 saturated carbocycles. The molecule has 18 heavy (non-hydrogen) atoms. The Morgan fingerprint density at radius 2 is 2.28 bits per heavy atom. The summed E-state index contributed by atoms with van der Waals surface area (Å²) in [6.45, 7) is 3.53. The molecule has 0 aromatic heterocycles. The highest BCUT2D eigenvalue weighted by Gasteiger charge is 2.39. The van der Waals surface area contributed by atoms with Gasteiger partial charge in [-0.1, -0.05) is 6.92 Å². The highest BCUT2D eigenvalue weighted by atomic mass is 19.1. The van der Waals surface area contributed by atoms with Crippen LogP contribution in [0.2, 0.25) is 0 Å². The normalized spacial score (nSPS) is 19.8. The van der Waals surface area contributed by atoms with Gasteiger partial charge in [0, 0.05) is 11.0 Å². The Labute approximate surface area is 105 Å². The van der Waals surface area contributed by atoms with E-state index in [2.05, 4.69) is 0 Å². The van der Waals surface area contributed by atoms with Crippen molar-refractivity contribution < 1.29 is 23.9 Å². The summed E-state index contributed by atoms with van der Waals surface area (Å²) in [5.41, 5.74) is 0.690. The summed E-state index contributed by atoms with van der Waals surface area (Å²) in [6, 6.07) is 2.74. The molecule has 2 N–H and O–H groups in total. The maximum atomic E-state index is 13.8. The largest absolute Gasteiger partial charge is 0.495 e. The second-order valence-corrected chi connectivity index (χ2v) is 4.42. The molecule has 0 radical (unpaired) electrons. The Balaban J connectivity index is 2.36. The van der Waals surface area contributed by atoms with Gasteiger partial charge in [0.1, 0.15) is 18.2 Å². The minimum atomic E-state index is -1.18. The van der Waals surface area contributed by atoms with Gasteiger partial charge in [-0.15, -0.1) is 0 Å². The molecule has 98 valence electrons. The Morgan fingerprint density at radius 3 is 2.89 bits per heavy atom. The molecule has 0 amide bonds. The van der Waals surface area contributed by atoms with E-state index in [9.17, 15) is 14.5 Å². The summed E-state index contributed by atoms with van der Waals surface area (Å²) in [5, 5.41) is 19.0. The topological polar surface area (TPSA) is 58.9 Å². The molecule has 2 unspecified atom stereocenters. The molecule has 6 heteroatoms. The Kier molecular flexibility index (Phi) is 3.89. The number of benzene rings is 1. The van der Waals surface area contributed by atoms with Crippen molar-refractivity contribution >= 4 is 12.6 Å². The predicted octanol–water partition coefficient (Wildman–Crippen LogP) is 0.754. The Morgan fingerprint density at radius 1 is 1.56 bits per heavy atom. The third-order valence-electron chi connectivity index (χ3n) is 2.91. The Bertz CT molecular complexity index is 438. The Hall–Kier alpha value is -1.11. The van der Waals surface area contributed by atoms with Gasteiger partial charge in [0.05, 0.1) is 12.2 Å². The van der Waals surface area contributed by atoms with Gasteiger partial charge in [-0.2, -0.15) is 0 Å². The van der Waals surface area contributed by atoms with Crippen molar-refractivity contribution in [2.45, 2.75) is 32.5 Å². The van der Waals surface area contributed by atoms with Crippen LogP contribution < -0.4 is 10.2 Å². The molecule has 2 atom stereocenters. The lowest BCUT2D eigenvalue weighted by atomic mass is 9.78. The van der Waals surface area contributed by atoms with E-state index in [1.54, 1.807) is 6.92 Å². The standard InChI is InChI=1S/C12H16BFO4/c1-3-9-11-8(14)4-5-10(17-6-7(2)15)12(11)13(16)18-9/h4-5,7,9,15-16H,3,6H2,1-2H3. The van der Waals surface area contributed by atoms with Crippen LogP contribution in [-0.4, -0.2) is 30.0 Å². The van der Waals surface area contributed by atoms with E-state index in [1.807, 2.05) is 6.92 Å². The van der Waals surface area contributed by atoms with Crippen molar-refractivity contribution in [1.82, 2.24) is 0 Å². The third kappa shape index (κ3) is 2.36. The minimum absolute atomic E-state index is 0.0849. The number of hydrogen-bond donors (Lipinski definition) is 2. The first kappa shape index (κ1) is 13.3. The second-order valence-electron chi connectivity index (χ2n) is 4.42. The summed E-state index contributed by atoms with van der Waals surface area (Å²) >= 11 is 0. The molecule has 0 saturated heterocycles. The maximum Gasteiger partial charge on any atom is 0.495 e. The van der Waals surface area contributed by atoms with Crippen LogP contribution in [0.1, 0.15) is 31.9 Å². The molecule has 2 rings (SSSR count). The fourth-order valence-electron chi connectivity index (χ4n) is 2.10. The lowest BCUT2D eigenvalue weighted by Gasteiger charge is -2.13. The molecule has 0 bridgehead atoms. The summed E-state index contributed by atoms with van der Waals surface area (Å²) in [6.07, 6.45) is -0.516. The van der Waals surface area contributed by atoms with Crippen molar-refractivity contribution in [3.05, 3.63) is 23.5 Å². The second kappa shape index (κ2) is 5.26. The number of rotatable bonds is 4. The number of aliphatic hydroxyl groups is 1. The van der Waals surface area contributed by atoms with Gasteiger partial charge < -0.3 is 19.5 Å². The molecule has 0 aliphatic carbocycles.